The Morgan fingerprint density at radius 2 is 0.780 bits per heavy atom. The zero-order chi connectivity index (χ0) is 59.5. The van der Waals surface area contributed by atoms with Gasteiger partial charge in [-0.15, -0.1) is 0 Å². The van der Waals surface area contributed by atoms with Crippen molar-refractivity contribution in [3.63, 3.8) is 0 Å². The molecular weight excluding hydrogens is 1030 g/mol. The van der Waals surface area contributed by atoms with Gasteiger partial charge in [0.25, 0.3) is 0 Å². The number of carbonyl (C=O) groups excluding carboxylic acids is 2. The first-order valence-corrected chi connectivity index (χ1v) is 35.6. The molecule has 1 aliphatic rings. The third-order valence-corrected chi connectivity index (χ3v) is 17.1. The highest BCUT2D eigenvalue weighted by Gasteiger charge is 2.44. The molecule has 0 aliphatic carbocycles. The molecule has 1 aliphatic heterocycles. The number of nitrogens with one attached hydrogen (secondary N) is 1. The van der Waals surface area contributed by atoms with Crippen LogP contribution in [-0.4, -0.2) is 100 Å². The molecule has 1 fully saturated rings. The molecule has 0 aromatic carbocycles. The summed E-state index contributed by atoms with van der Waals surface area (Å²) in [6.45, 7) is 4.38. The first kappa shape index (κ1) is 78.2. The van der Waals surface area contributed by atoms with Gasteiger partial charge in [-0.1, -0.05) is 308 Å². The number of hydrogen-bond donors (Lipinski definition) is 6. The minimum Gasteiger partial charge on any atom is -0.466 e. The average Bonchev–Trinajstić information content (AvgIpc) is 3.68. The first-order valence-electron chi connectivity index (χ1n) is 35.6. The Bertz CT molecular complexity index is 1410. The fraction of sp³-hybridized carbons (Fsp3) is 0.915. The molecule has 0 saturated carbocycles. The molecule has 0 spiro atoms. The second kappa shape index (κ2) is 60.8. The van der Waals surface area contributed by atoms with Crippen molar-refractivity contribution in [3.05, 3.63) is 24.3 Å². The van der Waals surface area contributed by atoms with Crippen LogP contribution in [0.5, 0.6) is 0 Å². The third kappa shape index (κ3) is 49.3. The summed E-state index contributed by atoms with van der Waals surface area (Å²) in [6, 6.07) is -0.810. The average molecular weight is 1160 g/mol. The monoisotopic (exact) mass is 1160 g/mol. The molecule has 0 aromatic heterocycles. The second-order valence-corrected chi connectivity index (χ2v) is 24.9. The van der Waals surface area contributed by atoms with Crippen LogP contribution >= 0.6 is 0 Å². The topological polar surface area (TPSA) is 175 Å². The zero-order valence-corrected chi connectivity index (χ0v) is 53.7. The van der Waals surface area contributed by atoms with Crippen molar-refractivity contribution < 1.29 is 49.3 Å². The van der Waals surface area contributed by atoms with E-state index in [1.54, 1.807) is 6.08 Å². The van der Waals surface area contributed by atoms with Gasteiger partial charge in [-0.05, 0) is 57.8 Å². The lowest BCUT2D eigenvalue weighted by atomic mass is 9.99. The van der Waals surface area contributed by atoms with Gasteiger partial charge >= 0.3 is 5.97 Å². The Labute approximate surface area is 505 Å². The molecule has 0 radical (unpaired) electrons. The lowest BCUT2D eigenvalue weighted by Crippen LogP contribution is -2.60. The summed E-state index contributed by atoms with van der Waals surface area (Å²) in [5.41, 5.74) is 0. The molecule has 484 valence electrons. The largest absolute Gasteiger partial charge is 0.466 e. The number of ether oxygens (including phenoxy) is 3. The predicted molar refractivity (Wildman–Crippen MR) is 343 cm³/mol. The number of aliphatic hydroxyl groups excluding tert-OH is 5. The van der Waals surface area contributed by atoms with Gasteiger partial charge in [-0.3, -0.25) is 9.59 Å². The second-order valence-electron chi connectivity index (χ2n) is 24.9. The van der Waals surface area contributed by atoms with Gasteiger partial charge in [-0.2, -0.15) is 0 Å². The maximum Gasteiger partial charge on any atom is 0.305 e. The molecule has 11 nitrogen and oxygen atoms in total. The Morgan fingerprint density at radius 3 is 1.17 bits per heavy atom. The summed E-state index contributed by atoms with van der Waals surface area (Å²) in [4.78, 5) is 25.1. The van der Waals surface area contributed by atoms with E-state index in [9.17, 15) is 35.1 Å². The number of rotatable bonds is 63. The van der Waals surface area contributed by atoms with Crippen molar-refractivity contribution >= 4 is 11.9 Å². The van der Waals surface area contributed by atoms with Crippen LogP contribution in [0.4, 0.5) is 0 Å². The van der Waals surface area contributed by atoms with Crippen molar-refractivity contribution in [2.45, 2.75) is 397 Å². The molecule has 6 N–H and O–H groups in total. The van der Waals surface area contributed by atoms with E-state index in [0.717, 1.165) is 57.8 Å². The van der Waals surface area contributed by atoms with E-state index in [1.807, 2.05) is 6.08 Å². The molecule has 7 atom stereocenters. The first-order chi connectivity index (χ1) is 40.2. The highest BCUT2D eigenvalue weighted by atomic mass is 16.7. The molecule has 0 aromatic rings. The Morgan fingerprint density at radius 1 is 0.439 bits per heavy atom. The SMILES string of the molecule is CCCCCCCCCCCCCCC/C=C/C(O)C(COC1OC(CO)C(O)C(O)C1O)NC(=O)CCCCCCCCCCCCCC/C=C\CCCCCCCCCCCCCCOC(=O)CCCCCCCCCCCCC. The molecule has 1 saturated heterocycles. The minimum atomic E-state index is -1.57. The molecule has 0 bridgehead atoms. The standard InChI is InChI=1S/C71H135NO10/c1-3-5-7-9-11-13-15-16-31-34-38-41-45-49-53-57-64(74)63(62-81-71-70(79)69(78)68(77)65(61-73)82-71)72-66(75)58-54-50-46-42-39-35-32-29-27-25-23-21-19-17-18-20-22-24-26-28-30-33-36-40-44-48-52-56-60-80-67(76)59-55-51-47-43-37-14-12-10-8-6-4-2/h17-18,53,57,63-65,68-71,73-74,77-79H,3-16,19-52,54-56,58-62H2,1-2H3,(H,72,75)/b18-17-,57-53+. The number of aliphatic hydroxyl groups is 5. The van der Waals surface area contributed by atoms with E-state index in [-0.39, 0.29) is 18.5 Å². The van der Waals surface area contributed by atoms with Crippen LogP contribution in [0.1, 0.15) is 354 Å². The van der Waals surface area contributed by atoms with Gasteiger partial charge in [0.2, 0.25) is 5.91 Å². The van der Waals surface area contributed by atoms with Gasteiger partial charge in [0.05, 0.1) is 32.0 Å². The molecule has 1 amide bonds. The van der Waals surface area contributed by atoms with Gasteiger partial charge < -0.3 is 45.1 Å². The van der Waals surface area contributed by atoms with E-state index in [1.165, 1.54) is 270 Å². The van der Waals surface area contributed by atoms with Gasteiger partial charge in [0.1, 0.15) is 24.4 Å². The van der Waals surface area contributed by atoms with Crippen molar-refractivity contribution in [2.24, 2.45) is 0 Å². The van der Waals surface area contributed by atoms with Crippen LogP contribution in [0.25, 0.3) is 0 Å². The number of amides is 1. The van der Waals surface area contributed by atoms with Crippen LogP contribution in [0.15, 0.2) is 24.3 Å². The fourth-order valence-corrected chi connectivity index (χ4v) is 11.4. The zero-order valence-electron chi connectivity index (χ0n) is 53.7. The maximum absolute atomic E-state index is 13.1. The van der Waals surface area contributed by atoms with E-state index in [4.69, 9.17) is 14.2 Å². The Kier molecular flexibility index (Phi) is 58.0. The summed E-state index contributed by atoms with van der Waals surface area (Å²) < 4.78 is 16.8. The molecule has 82 heavy (non-hydrogen) atoms. The quantitative estimate of drug-likeness (QED) is 0.0195. The fourth-order valence-electron chi connectivity index (χ4n) is 11.4. The summed E-state index contributed by atoms with van der Waals surface area (Å²) in [5, 5.41) is 54.6. The maximum atomic E-state index is 13.1. The van der Waals surface area contributed by atoms with Crippen LogP contribution in [0.2, 0.25) is 0 Å². The van der Waals surface area contributed by atoms with Gasteiger partial charge in [0, 0.05) is 12.8 Å². The Hall–Kier alpha value is -1.86. The summed E-state index contributed by atoms with van der Waals surface area (Å²) >= 11 is 0. The van der Waals surface area contributed by atoms with Crippen LogP contribution in [0, 0.1) is 0 Å². The number of allylic oxidation sites excluding steroid dienone is 3. The van der Waals surface area contributed by atoms with Gasteiger partial charge in [0.15, 0.2) is 6.29 Å². The van der Waals surface area contributed by atoms with Crippen LogP contribution in [0.3, 0.4) is 0 Å². The summed E-state index contributed by atoms with van der Waals surface area (Å²) in [5.74, 6) is -0.172. The van der Waals surface area contributed by atoms with E-state index in [2.05, 4.69) is 31.3 Å². The summed E-state index contributed by atoms with van der Waals surface area (Å²) in [6.07, 6.45) is 65.8. The normalized spacial score (nSPS) is 18.3. The minimum absolute atomic E-state index is 0.00701. The smallest absolute Gasteiger partial charge is 0.305 e. The van der Waals surface area contributed by atoms with Crippen molar-refractivity contribution in [2.75, 3.05) is 19.8 Å². The number of carbonyl (C=O) groups is 2. The predicted octanol–water partition coefficient (Wildman–Crippen LogP) is 18.0. The lowest BCUT2D eigenvalue weighted by molar-refractivity contribution is -0.302. The van der Waals surface area contributed by atoms with E-state index >= 15 is 0 Å². The summed E-state index contributed by atoms with van der Waals surface area (Å²) in [7, 11) is 0. The molecule has 1 heterocycles. The third-order valence-electron chi connectivity index (χ3n) is 17.1. The highest BCUT2D eigenvalue weighted by molar-refractivity contribution is 5.76. The Balaban J connectivity index is 2.01. The number of unbranched alkanes of at least 4 members (excludes halogenated alkanes) is 47. The van der Waals surface area contributed by atoms with E-state index < -0.39 is 49.5 Å². The van der Waals surface area contributed by atoms with Crippen molar-refractivity contribution in [3.8, 4) is 0 Å². The molecular formula is C71H135NO10. The van der Waals surface area contributed by atoms with Crippen LogP contribution in [-0.2, 0) is 23.8 Å². The molecule has 11 heteroatoms. The molecule has 1 rings (SSSR count). The highest BCUT2D eigenvalue weighted by Crippen LogP contribution is 2.23. The lowest BCUT2D eigenvalue weighted by Gasteiger charge is -2.40. The number of esters is 1. The van der Waals surface area contributed by atoms with E-state index in [0.29, 0.717) is 19.4 Å². The van der Waals surface area contributed by atoms with Crippen molar-refractivity contribution in [1.29, 1.82) is 0 Å². The van der Waals surface area contributed by atoms with Gasteiger partial charge in [-0.25, -0.2) is 0 Å². The van der Waals surface area contributed by atoms with Crippen molar-refractivity contribution in [1.82, 2.24) is 5.32 Å². The molecule has 7 unspecified atom stereocenters. The van der Waals surface area contributed by atoms with Crippen LogP contribution < -0.4 is 5.32 Å². The number of hydrogen-bond acceptors (Lipinski definition) is 10.